The molecule has 0 radical (unpaired) electrons. The number of aromatic nitrogens is 2. The van der Waals surface area contributed by atoms with Gasteiger partial charge in [0.1, 0.15) is 11.4 Å². The summed E-state index contributed by atoms with van der Waals surface area (Å²) in [7, 11) is 1.72. The first-order valence-corrected chi connectivity index (χ1v) is 10.9. The van der Waals surface area contributed by atoms with Gasteiger partial charge in [-0.05, 0) is 61.5 Å². The van der Waals surface area contributed by atoms with Gasteiger partial charge < -0.3 is 15.4 Å². The number of carbonyl (C=O) groups excluding carboxylic acids is 2. The third-order valence-corrected chi connectivity index (χ3v) is 5.52. The van der Waals surface area contributed by atoms with Gasteiger partial charge in [0.15, 0.2) is 0 Å². The van der Waals surface area contributed by atoms with Crippen LogP contribution in [-0.2, 0) is 7.05 Å². The number of alkyl halides is 2. The van der Waals surface area contributed by atoms with Crippen molar-refractivity contribution in [3.8, 4) is 11.4 Å². The number of nitrogens with one attached hydrogen (secondary N) is 2. The summed E-state index contributed by atoms with van der Waals surface area (Å²) in [5, 5.41) is 5.34. The Bertz CT molecular complexity index is 1460. The van der Waals surface area contributed by atoms with E-state index in [2.05, 4.69) is 15.4 Å². The maximum atomic E-state index is 13.1. The Balaban J connectivity index is 1.50. The summed E-state index contributed by atoms with van der Waals surface area (Å²) in [5.41, 5.74) is 1.78. The molecule has 1 aromatic heterocycles. The minimum Gasteiger partial charge on any atom is -0.435 e. The van der Waals surface area contributed by atoms with Crippen molar-refractivity contribution < 1.29 is 23.1 Å². The van der Waals surface area contributed by atoms with Crippen LogP contribution < -0.4 is 20.9 Å². The van der Waals surface area contributed by atoms with Crippen molar-refractivity contribution in [3.63, 3.8) is 0 Å². The predicted octanol–water partition coefficient (Wildman–Crippen LogP) is 4.59. The molecule has 0 aliphatic heterocycles. The molecule has 4 rings (SSSR count). The Morgan fingerprint density at radius 2 is 1.53 bits per heavy atom. The molecule has 3 aromatic carbocycles. The average Bonchev–Trinajstić information content (AvgIpc) is 3.07. The fourth-order valence-corrected chi connectivity index (χ4v) is 3.63. The lowest BCUT2D eigenvalue weighted by Crippen LogP contribution is -2.23. The number of hydrogen-bond donors (Lipinski definition) is 2. The standard InChI is InChI=1S/C26H22F2N4O4/c1-16-22(25(35)32(31(16)2)20-9-4-3-5-10-20)30-24(34)18-7-6-8-19(15-18)29-23(33)17-11-13-21(14-12-17)36-26(27)28/h3-15,26H,1-2H3,(H,29,33)(H,30,34). The van der Waals surface area contributed by atoms with Crippen LogP contribution in [0.3, 0.4) is 0 Å². The SMILES string of the molecule is Cc1c(NC(=O)c2cccc(NC(=O)c3ccc(OC(F)F)cc3)c2)c(=O)n(-c2ccccc2)n1C. The molecule has 0 unspecified atom stereocenters. The van der Waals surface area contributed by atoms with Gasteiger partial charge in [0.25, 0.3) is 17.4 Å². The highest BCUT2D eigenvalue weighted by atomic mass is 19.3. The van der Waals surface area contributed by atoms with Crippen LogP contribution >= 0.6 is 0 Å². The highest BCUT2D eigenvalue weighted by molar-refractivity contribution is 6.07. The smallest absolute Gasteiger partial charge is 0.387 e. The van der Waals surface area contributed by atoms with Crippen LogP contribution in [-0.4, -0.2) is 27.8 Å². The Morgan fingerprint density at radius 3 is 2.19 bits per heavy atom. The van der Waals surface area contributed by atoms with Gasteiger partial charge in [-0.1, -0.05) is 24.3 Å². The van der Waals surface area contributed by atoms with Crippen LogP contribution in [0.5, 0.6) is 5.75 Å². The average molecular weight is 492 g/mol. The molecule has 10 heteroatoms. The lowest BCUT2D eigenvalue weighted by molar-refractivity contribution is -0.0498. The summed E-state index contributed by atoms with van der Waals surface area (Å²) in [6.07, 6.45) is 0. The molecule has 0 spiro atoms. The molecule has 8 nitrogen and oxygen atoms in total. The maximum absolute atomic E-state index is 13.1. The molecule has 0 bridgehead atoms. The highest BCUT2D eigenvalue weighted by Crippen LogP contribution is 2.19. The zero-order chi connectivity index (χ0) is 25.8. The maximum Gasteiger partial charge on any atom is 0.387 e. The van der Waals surface area contributed by atoms with E-state index >= 15 is 0 Å². The first-order valence-electron chi connectivity index (χ1n) is 10.9. The summed E-state index contributed by atoms with van der Waals surface area (Å²) in [5.74, 6) is -1.09. The number of benzene rings is 3. The van der Waals surface area contributed by atoms with Crippen molar-refractivity contribution in [3.05, 3.63) is 106 Å². The van der Waals surface area contributed by atoms with Gasteiger partial charge in [0, 0.05) is 23.9 Å². The molecule has 2 amide bonds. The van der Waals surface area contributed by atoms with Crippen LogP contribution in [0.15, 0.2) is 83.7 Å². The molecule has 0 atom stereocenters. The molecule has 0 fully saturated rings. The van der Waals surface area contributed by atoms with Crippen molar-refractivity contribution in [2.24, 2.45) is 7.05 Å². The third kappa shape index (κ3) is 5.17. The van der Waals surface area contributed by atoms with Gasteiger partial charge >= 0.3 is 6.61 Å². The number of ether oxygens (including phenoxy) is 1. The van der Waals surface area contributed by atoms with Crippen molar-refractivity contribution >= 4 is 23.2 Å². The molecule has 2 N–H and O–H groups in total. The molecule has 0 aliphatic rings. The van der Waals surface area contributed by atoms with E-state index in [4.69, 9.17) is 0 Å². The largest absolute Gasteiger partial charge is 0.435 e. The molecule has 184 valence electrons. The number of carbonyl (C=O) groups is 2. The monoisotopic (exact) mass is 492 g/mol. The quantitative estimate of drug-likeness (QED) is 0.395. The van der Waals surface area contributed by atoms with E-state index in [9.17, 15) is 23.2 Å². The van der Waals surface area contributed by atoms with Crippen molar-refractivity contribution in [2.45, 2.75) is 13.5 Å². The van der Waals surface area contributed by atoms with Crippen LogP contribution in [0, 0.1) is 6.92 Å². The van der Waals surface area contributed by atoms with Crippen molar-refractivity contribution in [1.82, 2.24) is 9.36 Å². The van der Waals surface area contributed by atoms with Gasteiger partial charge in [-0.25, -0.2) is 4.68 Å². The molecule has 1 heterocycles. The normalized spacial score (nSPS) is 10.8. The second kappa shape index (κ2) is 10.3. The van der Waals surface area contributed by atoms with E-state index in [0.717, 1.165) is 0 Å². The van der Waals surface area contributed by atoms with E-state index in [1.165, 1.54) is 35.0 Å². The van der Waals surface area contributed by atoms with Crippen LogP contribution in [0.4, 0.5) is 20.2 Å². The predicted molar refractivity (Wildman–Crippen MR) is 131 cm³/mol. The Morgan fingerprint density at radius 1 is 0.861 bits per heavy atom. The topological polar surface area (TPSA) is 94.4 Å². The number of nitrogens with zero attached hydrogens (tertiary/aromatic N) is 2. The molecule has 0 saturated carbocycles. The molecule has 36 heavy (non-hydrogen) atoms. The second-order valence-electron chi connectivity index (χ2n) is 7.83. The van der Waals surface area contributed by atoms with Crippen LogP contribution in [0.25, 0.3) is 5.69 Å². The highest BCUT2D eigenvalue weighted by Gasteiger charge is 2.19. The fourth-order valence-electron chi connectivity index (χ4n) is 3.63. The van der Waals surface area contributed by atoms with E-state index in [-0.39, 0.29) is 28.1 Å². The van der Waals surface area contributed by atoms with Crippen LogP contribution in [0.1, 0.15) is 26.4 Å². The number of hydrogen-bond acceptors (Lipinski definition) is 4. The summed E-state index contributed by atoms with van der Waals surface area (Å²) in [6.45, 7) is -1.23. The Hall–Kier alpha value is -4.73. The minimum absolute atomic E-state index is 0.0669. The van der Waals surface area contributed by atoms with Gasteiger partial charge in [-0.2, -0.15) is 8.78 Å². The van der Waals surface area contributed by atoms with Crippen molar-refractivity contribution in [2.75, 3.05) is 10.6 Å². The molecule has 0 saturated heterocycles. The first kappa shape index (κ1) is 24.4. The van der Waals surface area contributed by atoms with Gasteiger partial charge in [-0.3, -0.25) is 19.1 Å². The number of amides is 2. The summed E-state index contributed by atoms with van der Waals surface area (Å²) >= 11 is 0. The summed E-state index contributed by atoms with van der Waals surface area (Å²) in [4.78, 5) is 38.5. The number of para-hydroxylation sites is 1. The van der Waals surface area contributed by atoms with E-state index in [1.807, 2.05) is 18.2 Å². The summed E-state index contributed by atoms with van der Waals surface area (Å²) < 4.78 is 32.0. The van der Waals surface area contributed by atoms with E-state index < -0.39 is 18.4 Å². The number of anilines is 2. The van der Waals surface area contributed by atoms with Gasteiger partial charge in [-0.15, -0.1) is 0 Å². The Kier molecular flexibility index (Phi) is 6.95. The molecule has 4 aromatic rings. The van der Waals surface area contributed by atoms with Gasteiger partial charge in [0.2, 0.25) is 0 Å². The first-order chi connectivity index (χ1) is 17.2. The lowest BCUT2D eigenvalue weighted by Gasteiger charge is -2.09. The molecular formula is C26H22F2N4O4. The zero-order valence-corrected chi connectivity index (χ0v) is 19.4. The lowest BCUT2D eigenvalue weighted by atomic mass is 10.1. The molecular weight excluding hydrogens is 470 g/mol. The number of halogens is 2. The van der Waals surface area contributed by atoms with Crippen LogP contribution in [0.2, 0.25) is 0 Å². The summed E-state index contributed by atoms with van der Waals surface area (Å²) in [6, 6.07) is 20.5. The third-order valence-electron chi connectivity index (χ3n) is 5.52. The minimum atomic E-state index is -2.96. The van der Waals surface area contributed by atoms with E-state index in [0.29, 0.717) is 17.1 Å². The Labute approximate surface area is 204 Å². The second-order valence-corrected chi connectivity index (χ2v) is 7.83. The number of rotatable bonds is 7. The fraction of sp³-hybridized carbons (Fsp3) is 0.115. The zero-order valence-electron chi connectivity index (χ0n) is 19.4. The van der Waals surface area contributed by atoms with Gasteiger partial charge in [0.05, 0.1) is 11.4 Å². The van der Waals surface area contributed by atoms with Crippen molar-refractivity contribution in [1.29, 1.82) is 0 Å². The van der Waals surface area contributed by atoms with E-state index in [1.54, 1.807) is 49.0 Å². The molecule has 0 aliphatic carbocycles.